The molecule has 0 saturated heterocycles. The van der Waals surface area contributed by atoms with Gasteiger partial charge in [-0.05, 0) is 218 Å². The lowest BCUT2D eigenvalue weighted by Crippen LogP contribution is -2.26. The number of hydrogen-bond acceptors (Lipinski definition) is 4. The number of para-hydroxylation sites is 1. The minimum Gasteiger partial charge on any atom is -0.310 e. The molecule has 0 unspecified atom stereocenters. The van der Waals surface area contributed by atoms with Crippen LogP contribution in [0.3, 0.4) is 0 Å². The topological polar surface area (TPSA) is 6.48 Å². The van der Waals surface area contributed by atoms with Gasteiger partial charge in [-0.25, -0.2) is 0 Å². The van der Waals surface area contributed by atoms with Gasteiger partial charge in [-0.15, -0.1) is 22.7 Å². The Hall–Kier alpha value is -14.0. The predicted molar refractivity (Wildman–Crippen MR) is 481 cm³/mol. The molecule has 20 aromatic rings. The average molecular weight is 1480 g/mol. The first-order chi connectivity index (χ1) is 56.5. The number of nitrogens with zero attached hydrogens (tertiary/aromatic N) is 2. The highest BCUT2D eigenvalue weighted by atomic mass is 32.1. The maximum Gasteiger partial charge on any atom is 0.0726 e. The van der Waals surface area contributed by atoms with Crippen LogP contribution >= 0.6 is 22.7 Å². The van der Waals surface area contributed by atoms with Gasteiger partial charge in [0, 0.05) is 79.9 Å². The molecule has 114 heavy (non-hydrogen) atoms. The summed E-state index contributed by atoms with van der Waals surface area (Å²) in [6.45, 7) is 0. The van der Waals surface area contributed by atoms with Gasteiger partial charge in [-0.1, -0.05) is 328 Å². The third-order valence-corrected chi connectivity index (χ3v) is 27.6. The van der Waals surface area contributed by atoms with Crippen LogP contribution in [0.4, 0.5) is 34.1 Å². The molecule has 2 aromatic heterocycles. The van der Waals surface area contributed by atoms with Crippen molar-refractivity contribution in [1.29, 1.82) is 0 Å². The number of hydrogen-bond donors (Lipinski definition) is 0. The molecule has 2 spiro atoms. The number of benzene rings is 18. The summed E-state index contributed by atoms with van der Waals surface area (Å²) in [4.78, 5) is 4.98. The van der Waals surface area contributed by atoms with E-state index in [0.717, 1.165) is 45.3 Å². The Morgan fingerprint density at radius 1 is 0.167 bits per heavy atom. The van der Waals surface area contributed by atoms with Gasteiger partial charge >= 0.3 is 0 Å². The molecule has 4 aliphatic carbocycles. The lowest BCUT2D eigenvalue weighted by atomic mass is 9.70. The molecule has 0 fully saturated rings. The molecule has 4 aliphatic rings. The number of rotatable bonds is 11. The fourth-order valence-electron chi connectivity index (χ4n) is 20.3. The van der Waals surface area contributed by atoms with Crippen LogP contribution in [-0.2, 0) is 10.8 Å². The fraction of sp³-hybridized carbons (Fsp3) is 0.0182. The summed E-state index contributed by atoms with van der Waals surface area (Å²) < 4.78 is 5.14. The molecule has 18 aromatic carbocycles. The van der Waals surface area contributed by atoms with Gasteiger partial charge in [0.15, 0.2) is 0 Å². The zero-order valence-electron chi connectivity index (χ0n) is 62.0. The molecular weight excluding hydrogens is 1410 g/mol. The van der Waals surface area contributed by atoms with Crippen molar-refractivity contribution in [1.82, 2.24) is 0 Å². The molecule has 0 aliphatic heterocycles. The largest absolute Gasteiger partial charge is 0.310 e. The van der Waals surface area contributed by atoms with Crippen molar-refractivity contribution >= 4 is 97.1 Å². The van der Waals surface area contributed by atoms with Crippen LogP contribution < -0.4 is 9.80 Å². The molecule has 2 nitrogen and oxygen atoms in total. The van der Waals surface area contributed by atoms with Crippen molar-refractivity contribution in [2.24, 2.45) is 0 Å². The third kappa shape index (κ3) is 9.41. The van der Waals surface area contributed by atoms with Crippen molar-refractivity contribution < 1.29 is 0 Å². The summed E-state index contributed by atoms with van der Waals surface area (Å²) in [5, 5.41) is 5.13. The number of thiophene rings is 2. The van der Waals surface area contributed by atoms with Gasteiger partial charge < -0.3 is 9.80 Å². The third-order valence-electron chi connectivity index (χ3n) is 25.1. The smallest absolute Gasteiger partial charge is 0.0726 e. The maximum atomic E-state index is 2.52. The Balaban J connectivity index is 0.598. The summed E-state index contributed by atoms with van der Waals surface area (Å²) in [6, 6.07) is 155. The highest BCUT2D eigenvalue weighted by Crippen LogP contribution is 2.66. The standard InChI is InChI=1S/C110H68N2S2/c1-2-23-69(24-3-1)70-47-56-78(57-48-70)112(80-61-64-89-87-32-9-17-44-101(87)110(103(89)68-80)98-41-14-6-29-84(98)85-30-7-15-42-99(85)110)104-45-18-10-33-90(104)93-36-22-38-95-92-62-53-75(66-106(92)114-108(93)95)74-26-20-25-73(65-74)71-49-54-76(55-50-71)111(77-58-51-72(52-59-77)81-35-21-37-94-91-34-11-19-46-105(91)113-107(81)94)79-60-63-88-86-31-8-16-43-100(86)109(102(88)67-79)96-39-12-4-27-82(96)83-28-5-13-40-97(83)109/h1-68H. The lowest BCUT2D eigenvalue weighted by molar-refractivity contribution is 0.793. The van der Waals surface area contributed by atoms with Crippen molar-refractivity contribution in [3.8, 4) is 100 Å². The summed E-state index contributed by atoms with van der Waals surface area (Å²) in [7, 11) is 0. The Bertz CT molecular complexity index is 7240. The van der Waals surface area contributed by atoms with Crippen molar-refractivity contribution in [2.75, 3.05) is 9.80 Å². The van der Waals surface area contributed by atoms with E-state index in [1.165, 1.54) is 174 Å². The first-order valence-corrected chi connectivity index (χ1v) is 41.1. The molecule has 4 heteroatoms. The minimum atomic E-state index is -0.496. The highest BCUT2D eigenvalue weighted by molar-refractivity contribution is 7.26. The average Bonchev–Trinajstić information content (AvgIpc) is 1.51. The number of fused-ring (bicyclic) bond motifs is 26. The Kier molecular flexibility index (Phi) is 14.4. The summed E-state index contributed by atoms with van der Waals surface area (Å²) in [5.41, 5.74) is 38.4. The van der Waals surface area contributed by atoms with E-state index in [4.69, 9.17) is 0 Å². The van der Waals surface area contributed by atoms with Crippen LogP contribution in [0.25, 0.3) is 140 Å². The van der Waals surface area contributed by atoms with Crippen LogP contribution in [0.5, 0.6) is 0 Å². The van der Waals surface area contributed by atoms with Gasteiger partial charge in [0.1, 0.15) is 0 Å². The van der Waals surface area contributed by atoms with Crippen molar-refractivity contribution in [3.63, 3.8) is 0 Å². The summed E-state index contributed by atoms with van der Waals surface area (Å²) >= 11 is 3.78. The first kappa shape index (κ1) is 64.8. The highest BCUT2D eigenvalue weighted by Gasteiger charge is 2.53. The van der Waals surface area contributed by atoms with Crippen LogP contribution in [0, 0.1) is 0 Å². The van der Waals surface area contributed by atoms with E-state index < -0.39 is 10.8 Å². The molecule has 0 N–H and O–H groups in total. The maximum absolute atomic E-state index is 2.52. The number of anilines is 6. The van der Waals surface area contributed by atoms with Crippen LogP contribution in [-0.4, -0.2) is 0 Å². The van der Waals surface area contributed by atoms with Gasteiger partial charge in [-0.2, -0.15) is 0 Å². The fourth-order valence-corrected chi connectivity index (χ4v) is 22.8. The molecule has 2 heterocycles. The Morgan fingerprint density at radius 2 is 0.491 bits per heavy atom. The molecule has 530 valence electrons. The quantitative estimate of drug-likeness (QED) is 0.127. The van der Waals surface area contributed by atoms with Gasteiger partial charge in [-0.3, -0.25) is 0 Å². The van der Waals surface area contributed by atoms with E-state index in [0.29, 0.717) is 0 Å². The van der Waals surface area contributed by atoms with E-state index in [-0.39, 0.29) is 0 Å². The normalized spacial score (nSPS) is 13.2. The van der Waals surface area contributed by atoms with E-state index >= 15 is 0 Å². The zero-order valence-corrected chi connectivity index (χ0v) is 63.6. The molecule has 0 amide bonds. The van der Waals surface area contributed by atoms with E-state index in [9.17, 15) is 0 Å². The van der Waals surface area contributed by atoms with Gasteiger partial charge in [0.2, 0.25) is 0 Å². The summed E-state index contributed by atoms with van der Waals surface area (Å²) in [6.07, 6.45) is 0. The minimum absolute atomic E-state index is 0.484. The first-order valence-electron chi connectivity index (χ1n) is 39.4. The molecule has 0 radical (unpaired) electrons. The van der Waals surface area contributed by atoms with Crippen LogP contribution in [0.15, 0.2) is 413 Å². The predicted octanol–water partition coefficient (Wildman–Crippen LogP) is 30.4. The lowest BCUT2D eigenvalue weighted by Gasteiger charge is -2.32. The van der Waals surface area contributed by atoms with Gasteiger partial charge in [0.25, 0.3) is 0 Å². The van der Waals surface area contributed by atoms with Crippen molar-refractivity contribution in [2.45, 2.75) is 10.8 Å². The molecule has 24 rings (SSSR count). The molecule has 0 bridgehead atoms. The van der Waals surface area contributed by atoms with Crippen molar-refractivity contribution in [3.05, 3.63) is 457 Å². The monoisotopic (exact) mass is 1480 g/mol. The molecule has 0 saturated carbocycles. The Morgan fingerprint density at radius 3 is 1.03 bits per heavy atom. The van der Waals surface area contributed by atoms with Crippen LogP contribution in [0.1, 0.15) is 44.5 Å². The second-order valence-electron chi connectivity index (χ2n) is 30.8. The SMILES string of the molecule is c1ccc(-c2ccc(N(c3ccc4c(c3)C3(c5ccccc5-c5ccccc53)c3ccccc3-4)c3ccccc3-c3cccc4c3sc3cc(-c5cccc(-c6ccc(N(c7ccc(-c8cccc9c8sc8ccccc89)cc7)c7ccc8c(c7)C7(c9ccccc9-c9ccccc97)c7ccccc7-8)cc6)c5)ccc34)cc2)cc1. The van der Waals surface area contributed by atoms with Crippen LogP contribution in [0.2, 0.25) is 0 Å². The summed E-state index contributed by atoms with van der Waals surface area (Å²) in [5.74, 6) is 0. The van der Waals surface area contributed by atoms with E-state index in [1.54, 1.807) is 0 Å². The van der Waals surface area contributed by atoms with Gasteiger partial charge in [0.05, 0.1) is 16.5 Å². The molecule has 0 atom stereocenters. The van der Waals surface area contributed by atoms with E-state index in [1.807, 2.05) is 22.7 Å². The second kappa shape index (κ2) is 25.3. The molecular formula is C110H68N2S2. The zero-order chi connectivity index (χ0) is 74.7. The second-order valence-corrected chi connectivity index (χ2v) is 32.9. The van der Waals surface area contributed by atoms with E-state index in [2.05, 4.69) is 422 Å². The Labute approximate surface area is 670 Å².